The third-order valence-electron chi connectivity index (χ3n) is 6.88. The van der Waals surface area contributed by atoms with Crippen LogP contribution in [0.3, 0.4) is 0 Å². The van der Waals surface area contributed by atoms with Gasteiger partial charge in [-0.15, -0.1) is 0 Å². The van der Waals surface area contributed by atoms with Crippen LogP contribution in [-0.4, -0.2) is 24.5 Å². The van der Waals surface area contributed by atoms with E-state index in [1.807, 2.05) is 48.5 Å². The molecule has 1 amide bonds. The van der Waals surface area contributed by atoms with E-state index in [0.29, 0.717) is 41.2 Å². The smallest absolute Gasteiger partial charge is 0.291 e. The van der Waals surface area contributed by atoms with E-state index in [1.54, 1.807) is 30.2 Å². The number of carbonyl (C=O) groups excluding carboxylic acids is 1. The number of amides is 1. The molecule has 38 heavy (non-hydrogen) atoms. The number of hydrogen-bond acceptors (Lipinski definition) is 5. The van der Waals surface area contributed by atoms with Crippen molar-refractivity contribution in [2.75, 3.05) is 13.7 Å². The molecule has 0 fully saturated rings. The van der Waals surface area contributed by atoms with Crippen LogP contribution in [0.1, 0.15) is 65.9 Å². The van der Waals surface area contributed by atoms with Crippen LogP contribution in [-0.2, 0) is 6.54 Å². The summed E-state index contributed by atoms with van der Waals surface area (Å²) < 4.78 is 18.5. The molecule has 0 saturated heterocycles. The fraction of sp³-hybridized carbons (Fsp3) is 0.290. The molecule has 2 heterocycles. The van der Waals surface area contributed by atoms with Crippen molar-refractivity contribution in [1.82, 2.24) is 4.90 Å². The number of halogens is 1. The SMILES string of the molecule is CCCCCCOc1ccc(C2c3c(oc4ccc(Br)cc4c3=O)C(=O)N2Cc2ccccc2)cc1OC. The average molecular weight is 576 g/mol. The molecule has 6 nitrogen and oxygen atoms in total. The molecule has 0 saturated carbocycles. The topological polar surface area (TPSA) is 69.0 Å². The minimum atomic E-state index is -0.634. The molecule has 3 aromatic carbocycles. The molecule has 1 aliphatic heterocycles. The molecule has 196 valence electrons. The van der Waals surface area contributed by atoms with Crippen LogP contribution in [0.25, 0.3) is 11.0 Å². The third-order valence-corrected chi connectivity index (χ3v) is 7.38. The maximum Gasteiger partial charge on any atom is 0.291 e. The molecule has 0 spiro atoms. The summed E-state index contributed by atoms with van der Waals surface area (Å²) in [4.78, 5) is 29.3. The highest BCUT2D eigenvalue weighted by Crippen LogP contribution is 2.42. The minimum Gasteiger partial charge on any atom is -0.493 e. The summed E-state index contributed by atoms with van der Waals surface area (Å²) >= 11 is 3.45. The van der Waals surface area contributed by atoms with E-state index in [4.69, 9.17) is 13.9 Å². The van der Waals surface area contributed by atoms with E-state index in [2.05, 4.69) is 22.9 Å². The second kappa shape index (κ2) is 11.4. The van der Waals surface area contributed by atoms with Crippen molar-refractivity contribution in [2.45, 2.75) is 45.2 Å². The van der Waals surface area contributed by atoms with Gasteiger partial charge in [-0.05, 0) is 47.9 Å². The van der Waals surface area contributed by atoms with Gasteiger partial charge < -0.3 is 18.8 Å². The molecular weight excluding hydrogens is 546 g/mol. The lowest BCUT2D eigenvalue weighted by molar-refractivity contribution is 0.0714. The molecule has 5 rings (SSSR count). The van der Waals surface area contributed by atoms with Gasteiger partial charge in [-0.25, -0.2) is 0 Å². The highest BCUT2D eigenvalue weighted by atomic mass is 79.9. The van der Waals surface area contributed by atoms with E-state index in [9.17, 15) is 9.59 Å². The molecule has 7 heteroatoms. The Morgan fingerprint density at radius 1 is 0.947 bits per heavy atom. The van der Waals surface area contributed by atoms with E-state index in [1.165, 1.54) is 12.8 Å². The molecule has 1 aliphatic rings. The lowest BCUT2D eigenvalue weighted by Crippen LogP contribution is -2.29. The number of methoxy groups -OCH3 is 1. The Hall–Kier alpha value is -3.58. The first-order chi connectivity index (χ1) is 18.5. The van der Waals surface area contributed by atoms with E-state index in [0.717, 1.165) is 28.4 Å². The minimum absolute atomic E-state index is 0.0842. The largest absolute Gasteiger partial charge is 0.493 e. The molecule has 0 N–H and O–H groups in total. The van der Waals surface area contributed by atoms with Gasteiger partial charge in [-0.3, -0.25) is 9.59 Å². The van der Waals surface area contributed by atoms with Crippen molar-refractivity contribution in [2.24, 2.45) is 0 Å². The highest BCUT2D eigenvalue weighted by Gasteiger charge is 2.43. The van der Waals surface area contributed by atoms with Gasteiger partial charge in [0.25, 0.3) is 5.91 Å². The Morgan fingerprint density at radius 2 is 1.76 bits per heavy atom. The predicted molar refractivity (Wildman–Crippen MR) is 151 cm³/mol. The number of fused-ring (bicyclic) bond motifs is 2. The molecule has 1 aromatic heterocycles. The fourth-order valence-electron chi connectivity index (χ4n) is 4.97. The Balaban J connectivity index is 1.58. The second-order valence-corrected chi connectivity index (χ2v) is 10.4. The van der Waals surface area contributed by atoms with Crippen LogP contribution in [0.4, 0.5) is 0 Å². The van der Waals surface area contributed by atoms with Gasteiger partial charge in [-0.1, -0.05) is 78.5 Å². The molecule has 1 atom stereocenters. The second-order valence-electron chi connectivity index (χ2n) is 9.46. The zero-order valence-corrected chi connectivity index (χ0v) is 23.1. The Bertz CT molecular complexity index is 1510. The summed E-state index contributed by atoms with van der Waals surface area (Å²) in [5, 5.41) is 0.427. The normalized spacial score (nSPS) is 14.7. The first-order valence-electron chi connectivity index (χ1n) is 12.9. The van der Waals surface area contributed by atoms with Gasteiger partial charge in [0, 0.05) is 11.0 Å². The zero-order valence-electron chi connectivity index (χ0n) is 21.5. The van der Waals surface area contributed by atoms with Crippen molar-refractivity contribution in [3.63, 3.8) is 0 Å². The van der Waals surface area contributed by atoms with E-state index >= 15 is 0 Å². The lowest BCUT2D eigenvalue weighted by atomic mass is 9.97. The predicted octanol–water partition coefficient (Wildman–Crippen LogP) is 7.27. The van der Waals surface area contributed by atoms with Gasteiger partial charge in [0.05, 0.1) is 30.7 Å². The molecular formula is C31H30BrNO5. The maximum absolute atomic E-state index is 13.8. The first-order valence-corrected chi connectivity index (χ1v) is 13.7. The van der Waals surface area contributed by atoms with Gasteiger partial charge in [0.2, 0.25) is 5.76 Å². The molecule has 0 bridgehead atoms. The number of hydrogen-bond donors (Lipinski definition) is 0. The fourth-order valence-corrected chi connectivity index (χ4v) is 5.33. The summed E-state index contributed by atoms with van der Waals surface area (Å²) in [5.41, 5.74) is 2.22. The highest BCUT2D eigenvalue weighted by molar-refractivity contribution is 9.10. The van der Waals surface area contributed by atoms with Crippen LogP contribution in [0.5, 0.6) is 11.5 Å². The quantitative estimate of drug-likeness (QED) is 0.186. The van der Waals surface area contributed by atoms with Gasteiger partial charge >= 0.3 is 0 Å². The van der Waals surface area contributed by atoms with Gasteiger partial charge in [0.1, 0.15) is 5.58 Å². The molecule has 1 unspecified atom stereocenters. The van der Waals surface area contributed by atoms with Gasteiger partial charge in [-0.2, -0.15) is 0 Å². The molecule has 0 radical (unpaired) electrons. The van der Waals surface area contributed by atoms with Crippen LogP contribution in [0.2, 0.25) is 0 Å². The standard InChI is InChI=1S/C31H30BrNO5/c1-3-4-5-9-16-37-25-14-12-21(17-26(25)36-2)28-27-29(34)23-18-22(32)13-15-24(23)38-30(27)31(35)33(28)19-20-10-7-6-8-11-20/h6-8,10-15,17-18,28H,3-5,9,16,19H2,1-2H3. The number of ether oxygens (including phenoxy) is 2. The first kappa shape index (κ1) is 26.0. The lowest BCUT2D eigenvalue weighted by Gasteiger charge is -2.26. The van der Waals surface area contributed by atoms with Gasteiger partial charge in [0.15, 0.2) is 16.9 Å². The Morgan fingerprint density at radius 3 is 2.53 bits per heavy atom. The van der Waals surface area contributed by atoms with E-state index in [-0.39, 0.29) is 17.1 Å². The van der Waals surface area contributed by atoms with Crippen LogP contribution in [0.15, 0.2) is 80.4 Å². The molecule has 0 aliphatic carbocycles. The number of unbranched alkanes of at least 4 members (excludes halogenated alkanes) is 3. The van der Waals surface area contributed by atoms with Crippen LogP contribution >= 0.6 is 15.9 Å². The van der Waals surface area contributed by atoms with Crippen molar-refractivity contribution >= 4 is 32.8 Å². The van der Waals surface area contributed by atoms with Crippen molar-refractivity contribution in [3.8, 4) is 11.5 Å². The summed E-state index contributed by atoms with van der Waals surface area (Å²) in [6.45, 7) is 3.11. The van der Waals surface area contributed by atoms with Crippen LogP contribution < -0.4 is 14.9 Å². The monoisotopic (exact) mass is 575 g/mol. The molecule has 4 aromatic rings. The summed E-state index contributed by atoms with van der Waals surface area (Å²) in [5.74, 6) is 0.972. The number of carbonyl (C=O) groups is 1. The Labute approximate surface area is 230 Å². The number of benzene rings is 3. The summed E-state index contributed by atoms with van der Waals surface area (Å²) in [6.07, 6.45) is 4.43. The summed E-state index contributed by atoms with van der Waals surface area (Å²) in [7, 11) is 1.60. The van der Waals surface area contributed by atoms with Crippen molar-refractivity contribution in [3.05, 3.63) is 104 Å². The van der Waals surface area contributed by atoms with E-state index < -0.39 is 6.04 Å². The zero-order chi connectivity index (χ0) is 26.6. The number of rotatable bonds is 10. The van der Waals surface area contributed by atoms with Crippen molar-refractivity contribution < 1.29 is 18.7 Å². The average Bonchev–Trinajstić information content (AvgIpc) is 3.21. The Kier molecular flexibility index (Phi) is 7.84. The third kappa shape index (κ3) is 5.07. The van der Waals surface area contributed by atoms with Crippen LogP contribution in [0, 0.1) is 0 Å². The van der Waals surface area contributed by atoms with Crippen molar-refractivity contribution in [1.29, 1.82) is 0 Å². The number of nitrogens with zero attached hydrogens (tertiary/aromatic N) is 1. The maximum atomic E-state index is 13.8. The summed E-state index contributed by atoms with van der Waals surface area (Å²) in [6, 6.07) is 19.9.